The van der Waals surface area contributed by atoms with Gasteiger partial charge in [-0.25, -0.2) is 4.79 Å². The topological polar surface area (TPSA) is 141 Å². The lowest BCUT2D eigenvalue weighted by atomic mass is 10.1. The zero-order valence-electron chi connectivity index (χ0n) is 30.3. The number of nitrogens with one attached hydrogen (secondary N) is 3. The Morgan fingerprint density at radius 3 is 2.26 bits per heavy atom. The van der Waals surface area contributed by atoms with Gasteiger partial charge in [-0.05, 0) is 99.2 Å². The van der Waals surface area contributed by atoms with E-state index in [-0.39, 0.29) is 18.2 Å². The van der Waals surface area contributed by atoms with Crippen molar-refractivity contribution in [2.24, 2.45) is 0 Å². The summed E-state index contributed by atoms with van der Waals surface area (Å²) in [4.78, 5) is 55.4. The minimum absolute atomic E-state index is 0.0364. The molecule has 53 heavy (non-hydrogen) atoms. The molecule has 0 bridgehead atoms. The van der Waals surface area contributed by atoms with Gasteiger partial charge in [-0.15, -0.1) is 23.1 Å². The van der Waals surface area contributed by atoms with E-state index < -0.39 is 23.0 Å². The number of carbonyl (C=O) groups is 4. The monoisotopic (exact) mass is 757 g/mol. The highest BCUT2D eigenvalue weighted by molar-refractivity contribution is 8.00. The average molecular weight is 758 g/mol. The maximum atomic E-state index is 13.8. The molecule has 3 amide bonds. The first-order chi connectivity index (χ1) is 25.6. The number of anilines is 2. The summed E-state index contributed by atoms with van der Waals surface area (Å²) in [6, 6.07) is 18.9. The van der Waals surface area contributed by atoms with Gasteiger partial charge in [-0.3, -0.25) is 14.4 Å². The van der Waals surface area contributed by atoms with Crippen molar-refractivity contribution in [1.82, 2.24) is 5.32 Å². The predicted octanol–water partition coefficient (Wildman–Crippen LogP) is 7.75. The zero-order valence-corrected chi connectivity index (χ0v) is 32.0. The molecule has 5 rings (SSSR count). The summed E-state index contributed by atoms with van der Waals surface area (Å²) < 4.78 is 21.8. The van der Waals surface area contributed by atoms with Crippen LogP contribution in [-0.2, 0) is 27.2 Å². The Balaban J connectivity index is 1.35. The number of rotatable bonds is 14. The molecule has 3 N–H and O–H groups in total. The van der Waals surface area contributed by atoms with Gasteiger partial charge in [0.05, 0.1) is 38.7 Å². The molecule has 1 heterocycles. The Labute approximate surface area is 317 Å². The van der Waals surface area contributed by atoms with Gasteiger partial charge in [0.2, 0.25) is 11.7 Å². The summed E-state index contributed by atoms with van der Waals surface area (Å²) in [5.74, 6) is -0.595. The minimum Gasteiger partial charge on any atom is -0.493 e. The first-order valence-corrected chi connectivity index (χ1v) is 18.9. The van der Waals surface area contributed by atoms with E-state index in [0.717, 1.165) is 47.4 Å². The number of thiophene rings is 1. The van der Waals surface area contributed by atoms with Crippen LogP contribution < -0.4 is 30.2 Å². The molecule has 1 unspecified atom stereocenters. The molecule has 0 radical (unpaired) electrons. The van der Waals surface area contributed by atoms with E-state index >= 15 is 0 Å². The number of ether oxygens (including phenoxy) is 4. The fourth-order valence-electron chi connectivity index (χ4n) is 5.86. The highest BCUT2D eigenvalue weighted by atomic mass is 32.2. The molecule has 1 aliphatic carbocycles. The van der Waals surface area contributed by atoms with Crippen molar-refractivity contribution in [3.63, 3.8) is 0 Å². The standard InChI is InChI=1S/C40H43N3O8S2/c1-6-51-40(47)34-29-18-11-8-12-19-33(29)53-39(34)43-36(44)24(2)52-28-17-13-16-27(23-28)41-38(46)30(42-37(45)26-14-9-7-10-15-26)20-25-21-31(48-3)35(50-5)32(22-25)49-4/h7,9-10,13-17,20-24H,6,8,11-12,18-19H2,1-5H3,(H,41,46)(H,42,45)(H,43,44)/b30-20+. The first-order valence-electron chi connectivity index (χ1n) is 17.2. The van der Waals surface area contributed by atoms with Gasteiger partial charge in [0.25, 0.3) is 11.8 Å². The fourth-order valence-corrected chi connectivity index (χ4v) is 8.07. The van der Waals surface area contributed by atoms with Crippen LogP contribution in [0.15, 0.2) is 77.3 Å². The number of carbonyl (C=O) groups excluding carboxylic acids is 4. The van der Waals surface area contributed by atoms with Crippen LogP contribution in [0, 0.1) is 0 Å². The lowest BCUT2D eigenvalue weighted by molar-refractivity contribution is -0.115. The van der Waals surface area contributed by atoms with Crippen molar-refractivity contribution in [1.29, 1.82) is 0 Å². The first kappa shape index (κ1) is 38.9. The molecule has 0 saturated carbocycles. The van der Waals surface area contributed by atoms with Gasteiger partial charge < -0.3 is 34.9 Å². The number of methoxy groups -OCH3 is 3. The molecule has 0 fully saturated rings. The quantitative estimate of drug-likeness (QED) is 0.0510. The number of benzene rings is 3. The second kappa shape index (κ2) is 18.5. The highest BCUT2D eigenvalue weighted by Gasteiger charge is 2.28. The van der Waals surface area contributed by atoms with Gasteiger partial charge >= 0.3 is 5.97 Å². The molecular formula is C40H43N3O8S2. The van der Waals surface area contributed by atoms with Gasteiger partial charge in [-0.2, -0.15) is 0 Å². The lowest BCUT2D eigenvalue weighted by Gasteiger charge is -2.15. The smallest absolute Gasteiger partial charge is 0.341 e. The van der Waals surface area contributed by atoms with Crippen LogP contribution in [0.4, 0.5) is 10.7 Å². The third-order valence-electron chi connectivity index (χ3n) is 8.44. The molecule has 1 atom stereocenters. The van der Waals surface area contributed by atoms with E-state index in [2.05, 4.69) is 16.0 Å². The Bertz CT molecular complexity index is 1970. The van der Waals surface area contributed by atoms with Crippen LogP contribution in [0.5, 0.6) is 17.2 Å². The number of fused-ring (bicyclic) bond motifs is 1. The number of hydrogen-bond donors (Lipinski definition) is 3. The second-order valence-electron chi connectivity index (χ2n) is 12.1. The number of amides is 3. The summed E-state index contributed by atoms with van der Waals surface area (Å²) in [6.07, 6.45) is 6.31. The fraction of sp³-hybridized carbons (Fsp3) is 0.300. The van der Waals surface area contributed by atoms with Crippen LogP contribution >= 0.6 is 23.1 Å². The molecule has 0 saturated heterocycles. The lowest BCUT2D eigenvalue weighted by Crippen LogP contribution is -2.30. The molecule has 1 aliphatic rings. The molecule has 278 valence electrons. The van der Waals surface area contributed by atoms with Crippen molar-refractivity contribution in [3.8, 4) is 17.2 Å². The molecule has 11 nitrogen and oxygen atoms in total. The van der Waals surface area contributed by atoms with Gasteiger partial charge in [0, 0.05) is 21.0 Å². The van der Waals surface area contributed by atoms with E-state index in [9.17, 15) is 19.2 Å². The molecule has 0 aliphatic heterocycles. The molecule has 0 spiro atoms. The van der Waals surface area contributed by atoms with E-state index in [1.807, 2.05) is 6.07 Å². The minimum atomic E-state index is -0.583. The summed E-state index contributed by atoms with van der Waals surface area (Å²) in [5, 5.41) is 8.60. The van der Waals surface area contributed by atoms with E-state index in [1.54, 1.807) is 74.5 Å². The molecule has 13 heteroatoms. The van der Waals surface area contributed by atoms with Crippen molar-refractivity contribution in [2.75, 3.05) is 38.6 Å². The number of aryl methyl sites for hydroxylation is 1. The van der Waals surface area contributed by atoms with Crippen molar-refractivity contribution in [2.45, 2.75) is 56.1 Å². The van der Waals surface area contributed by atoms with Crippen LogP contribution in [0.2, 0.25) is 0 Å². The third kappa shape index (κ3) is 9.79. The van der Waals surface area contributed by atoms with E-state index in [1.165, 1.54) is 50.5 Å². The summed E-state index contributed by atoms with van der Waals surface area (Å²) >= 11 is 2.76. The van der Waals surface area contributed by atoms with Crippen LogP contribution in [0.3, 0.4) is 0 Å². The van der Waals surface area contributed by atoms with Crippen molar-refractivity contribution >= 4 is 63.6 Å². The summed E-state index contributed by atoms with van der Waals surface area (Å²) in [5.41, 5.74) is 2.75. The second-order valence-corrected chi connectivity index (χ2v) is 14.6. The van der Waals surface area contributed by atoms with Crippen LogP contribution in [-0.4, -0.2) is 56.9 Å². The number of hydrogen-bond acceptors (Lipinski definition) is 10. The maximum absolute atomic E-state index is 13.8. The van der Waals surface area contributed by atoms with E-state index in [0.29, 0.717) is 44.6 Å². The summed E-state index contributed by atoms with van der Waals surface area (Å²) in [6.45, 7) is 3.80. The Kier molecular flexibility index (Phi) is 13.6. The van der Waals surface area contributed by atoms with Gasteiger partial charge in [0.1, 0.15) is 10.7 Å². The largest absolute Gasteiger partial charge is 0.493 e. The number of esters is 1. The maximum Gasteiger partial charge on any atom is 0.341 e. The van der Waals surface area contributed by atoms with Gasteiger partial charge in [-0.1, -0.05) is 30.7 Å². The summed E-state index contributed by atoms with van der Waals surface area (Å²) in [7, 11) is 4.47. The Morgan fingerprint density at radius 2 is 1.58 bits per heavy atom. The number of thioether (sulfide) groups is 1. The van der Waals surface area contributed by atoms with Crippen molar-refractivity contribution in [3.05, 3.63) is 99.6 Å². The molecule has 1 aromatic heterocycles. The van der Waals surface area contributed by atoms with Gasteiger partial charge in [0.15, 0.2) is 11.5 Å². The third-order valence-corrected chi connectivity index (χ3v) is 10.7. The average Bonchev–Trinajstić information content (AvgIpc) is 3.33. The Morgan fingerprint density at radius 1 is 0.868 bits per heavy atom. The SMILES string of the molecule is CCOC(=O)c1c(NC(=O)C(C)Sc2cccc(NC(=O)/C(=C\c3cc(OC)c(OC)c(OC)c3)NC(=O)c3ccccc3)c2)sc2c1CCCCC2. The molecule has 4 aromatic rings. The zero-order chi connectivity index (χ0) is 37.9. The Hall–Kier alpha value is -5.27. The normalized spacial score (nSPS) is 13.1. The predicted molar refractivity (Wildman–Crippen MR) is 209 cm³/mol. The molecule has 3 aromatic carbocycles. The van der Waals surface area contributed by atoms with Crippen LogP contribution in [0.25, 0.3) is 6.08 Å². The molecular weight excluding hydrogens is 715 g/mol. The van der Waals surface area contributed by atoms with Crippen molar-refractivity contribution < 1.29 is 38.1 Å². The van der Waals surface area contributed by atoms with E-state index in [4.69, 9.17) is 18.9 Å². The van der Waals surface area contributed by atoms with Crippen LogP contribution in [0.1, 0.15) is 69.8 Å². The highest BCUT2D eigenvalue weighted by Crippen LogP contribution is 2.40.